The van der Waals surface area contributed by atoms with E-state index in [0.29, 0.717) is 17.0 Å². The second-order valence-electron chi connectivity index (χ2n) is 4.92. The maximum Gasteiger partial charge on any atom is 0.257 e. The summed E-state index contributed by atoms with van der Waals surface area (Å²) in [4.78, 5) is 21.0. The first kappa shape index (κ1) is 11.9. The van der Waals surface area contributed by atoms with Gasteiger partial charge in [-0.2, -0.15) is 0 Å². The Morgan fingerprint density at radius 3 is 2.74 bits per heavy atom. The average Bonchev–Trinajstić information content (AvgIpc) is 2.98. The molecule has 5 heteroatoms. The molecule has 98 valence electrons. The van der Waals surface area contributed by atoms with Crippen molar-refractivity contribution in [1.29, 1.82) is 0 Å². The van der Waals surface area contributed by atoms with Gasteiger partial charge in [-0.25, -0.2) is 4.98 Å². The van der Waals surface area contributed by atoms with E-state index in [0.717, 1.165) is 0 Å². The highest BCUT2D eigenvalue weighted by Crippen LogP contribution is 2.41. The monoisotopic (exact) mass is 257 g/mol. The molecular formula is C14H15N3O2. The van der Waals surface area contributed by atoms with Gasteiger partial charge >= 0.3 is 0 Å². The number of imidazole rings is 1. The molecule has 1 aromatic heterocycles. The fourth-order valence-electron chi connectivity index (χ4n) is 2.69. The molecule has 0 aliphatic carbocycles. The Morgan fingerprint density at radius 2 is 2.11 bits per heavy atom. The lowest BCUT2D eigenvalue weighted by Gasteiger charge is -2.35. The first-order chi connectivity index (χ1) is 9.06. The second kappa shape index (κ2) is 3.93. The molecule has 3 rings (SSSR count). The van der Waals surface area contributed by atoms with Gasteiger partial charge in [-0.15, -0.1) is 0 Å². The van der Waals surface area contributed by atoms with Crippen LogP contribution in [0.3, 0.4) is 0 Å². The van der Waals surface area contributed by atoms with Crippen LogP contribution in [0.2, 0.25) is 0 Å². The number of nitrogens with zero attached hydrogens (tertiary/aromatic N) is 2. The molecule has 0 saturated carbocycles. The number of carbonyl (C=O) groups excluding carboxylic acids is 1. The number of fused-ring (bicyclic) bond motifs is 1. The number of aromatic nitrogens is 2. The van der Waals surface area contributed by atoms with Gasteiger partial charge in [0.2, 0.25) is 5.72 Å². The molecule has 1 aromatic carbocycles. The van der Waals surface area contributed by atoms with Gasteiger partial charge in [-0.3, -0.25) is 9.69 Å². The van der Waals surface area contributed by atoms with E-state index in [1.165, 1.54) is 4.90 Å². The van der Waals surface area contributed by atoms with Gasteiger partial charge < -0.3 is 10.1 Å². The van der Waals surface area contributed by atoms with Crippen LogP contribution in [0.25, 0.3) is 0 Å². The summed E-state index contributed by atoms with van der Waals surface area (Å²) in [6.07, 6.45) is 3.20. The Labute approximate surface area is 110 Å². The van der Waals surface area contributed by atoms with E-state index >= 15 is 0 Å². The molecular weight excluding hydrogens is 242 g/mol. The first-order valence-corrected chi connectivity index (χ1v) is 6.22. The van der Waals surface area contributed by atoms with E-state index in [4.69, 9.17) is 0 Å². The standard InChI is InChI=1S/C14H15N3O2/c1-9(2)17-12(18)10-5-3-4-6-11(10)14(17,19)13-15-7-8-16-13/h3-9,19H,1-2H3,(H,15,16). The normalized spacial score (nSPS) is 22.1. The zero-order valence-electron chi connectivity index (χ0n) is 10.8. The third-order valence-corrected chi connectivity index (χ3v) is 3.45. The van der Waals surface area contributed by atoms with Crippen LogP contribution in [0.5, 0.6) is 0 Å². The lowest BCUT2D eigenvalue weighted by Crippen LogP contribution is -2.49. The van der Waals surface area contributed by atoms with E-state index in [9.17, 15) is 9.90 Å². The van der Waals surface area contributed by atoms with Crippen LogP contribution in [0.1, 0.15) is 35.6 Å². The molecule has 2 heterocycles. The maximum absolute atomic E-state index is 12.5. The number of aliphatic hydroxyl groups is 1. The third-order valence-electron chi connectivity index (χ3n) is 3.45. The number of aromatic amines is 1. The first-order valence-electron chi connectivity index (χ1n) is 6.22. The Bertz CT molecular complexity index is 621. The molecule has 19 heavy (non-hydrogen) atoms. The van der Waals surface area contributed by atoms with Crippen molar-refractivity contribution in [2.75, 3.05) is 0 Å². The van der Waals surface area contributed by atoms with Gasteiger partial charge in [0.1, 0.15) is 0 Å². The number of hydrogen-bond donors (Lipinski definition) is 2. The maximum atomic E-state index is 12.5. The molecule has 2 aromatic rings. The van der Waals surface area contributed by atoms with Crippen molar-refractivity contribution < 1.29 is 9.90 Å². The lowest BCUT2D eigenvalue weighted by atomic mass is 10.0. The fourth-order valence-corrected chi connectivity index (χ4v) is 2.69. The Kier molecular flexibility index (Phi) is 2.46. The Hall–Kier alpha value is -2.14. The summed E-state index contributed by atoms with van der Waals surface area (Å²) in [6, 6.07) is 6.95. The molecule has 0 spiro atoms. The van der Waals surface area contributed by atoms with Crippen LogP contribution in [0.4, 0.5) is 0 Å². The predicted octanol–water partition coefficient (Wildman–Crippen LogP) is 1.47. The summed E-state index contributed by atoms with van der Waals surface area (Å²) >= 11 is 0. The lowest BCUT2D eigenvalue weighted by molar-refractivity contribution is -0.0694. The number of rotatable bonds is 2. The summed E-state index contributed by atoms with van der Waals surface area (Å²) in [5.41, 5.74) is -0.426. The van der Waals surface area contributed by atoms with Crippen molar-refractivity contribution in [3.8, 4) is 0 Å². The van der Waals surface area contributed by atoms with Crippen molar-refractivity contribution in [3.63, 3.8) is 0 Å². The van der Waals surface area contributed by atoms with Crippen molar-refractivity contribution in [2.24, 2.45) is 0 Å². The number of benzene rings is 1. The quantitative estimate of drug-likeness (QED) is 0.856. The molecule has 1 aliphatic heterocycles. The molecule has 0 saturated heterocycles. The minimum atomic E-state index is -1.52. The smallest absolute Gasteiger partial charge is 0.257 e. The summed E-state index contributed by atoms with van der Waals surface area (Å²) in [7, 11) is 0. The van der Waals surface area contributed by atoms with E-state index in [1.54, 1.807) is 30.6 Å². The molecule has 2 N–H and O–H groups in total. The van der Waals surface area contributed by atoms with E-state index in [2.05, 4.69) is 9.97 Å². The predicted molar refractivity (Wildman–Crippen MR) is 69.3 cm³/mol. The molecule has 1 amide bonds. The van der Waals surface area contributed by atoms with Gasteiger partial charge in [0.25, 0.3) is 5.91 Å². The molecule has 1 aliphatic rings. The molecule has 0 radical (unpaired) electrons. The molecule has 0 bridgehead atoms. The number of hydrogen-bond acceptors (Lipinski definition) is 3. The fraction of sp³-hybridized carbons (Fsp3) is 0.286. The number of carbonyl (C=O) groups is 1. The van der Waals surface area contributed by atoms with Crippen LogP contribution in [0.15, 0.2) is 36.7 Å². The zero-order valence-corrected chi connectivity index (χ0v) is 10.8. The minimum absolute atomic E-state index is 0.144. The topological polar surface area (TPSA) is 69.2 Å². The summed E-state index contributed by atoms with van der Waals surface area (Å²) in [5, 5.41) is 11.1. The van der Waals surface area contributed by atoms with Crippen LogP contribution in [-0.4, -0.2) is 31.9 Å². The van der Waals surface area contributed by atoms with Crippen molar-refractivity contribution in [3.05, 3.63) is 53.6 Å². The third kappa shape index (κ3) is 1.45. The van der Waals surface area contributed by atoms with Crippen molar-refractivity contribution >= 4 is 5.91 Å². The zero-order chi connectivity index (χ0) is 13.6. The highest BCUT2D eigenvalue weighted by molar-refractivity contribution is 6.00. The van der Waals surface area contributed by atoms with Gasteiger partial charge in [-0.1, -0.05) is 18.2 Å². The molecule has 5 nitrogen and oxygen atoms in total. The van der Waals surface area contributed by atoms with Gasteiger partial charge in [0.15, 0.2) is 5.82 Å². The second-order valence-corrected chi connectivity index (χ2v) is 4.92. The highest BCUT2D eigenvalue weighted by Gasteiger charge is 2.52. The highest BCUT2D eigenvalue weighted by atomic mass is 16.3. The molecule has 0 fully saturated rings. The van der Waals surface area contributed by atoms with E-state index in [1.807, 2.05) is 19.9 Å². The van der Waals surface area contributed by atoms with Crippen LogP contribution in [-0.2, 0) is 5.72 Å². The van der Waals surface area contributed by atoms with E-state index < -0.39 is 5.72 Å². The summed E-state index contributed by atoms with van der Waals surface area (Å²) in [6.45, 7) is 3.75. The number of nitrogens with one attached hydrogen (secondary N) is 1. The van der Waals surface area contributed by atoms with Crippen LogP contribution in [0, 0.1) is 0 Å². The van der Waals surface area contributed by atoms with Crippen LogP contribution < -0.4 is 0 Å². The van der Waals surface area contributed by atoms with Crippen molar-refractivity contribution in [2.45, 2.75) is 25.6 Å². The van der Waals surface area contributed by atoms with E-state index in [-0.39, 0.29) is 11.9 Å². The largest absolute Gasteiger partial charge is 0.361 e. The van der Waals surface area contributed by atoms with Crippen molar-refractivity contribution in [1.82, 2.24) is 14.9 Å². The average molecular weight is 257 g/mol. The Balaban J connectivity index is 2.28. The van der Waals surface area contributed by atoms with Gasteiger partial charge in [0, 0.05) is 29.6 Å². The van der Waals surface area contributed by atoms with Gasteiger partial charge in [0.05, 0.1) is 0 Å². The SMILES string of the molecule is CC(C)N1C(=O)c2ccccc2C1(O)c1ncc[nH]1. The number of H-pyrrole nitrogens is 1. The van der Waals surface area contributed by atoms with Crippen LogP contribution >= 0.6 is 0 Å². The Morgan fingerprint density at radius 1 is 1.37 bits per heavy atom. The summed E-state index contributed by atoms with van der Waals surface area (Å²) in [5.74, 6) is 0.184. The minimum Gasteiger partial charge on any atom is -0.361 e. The molecule has 1 unspecified atom stereocenters. The van der Waals surface area contributed by atoms with Gasteiger partial charge in [-0.05, 0) is 19.9 Å². The number of amides is 1. The molecule has 1 atom stereocenters. The summed E-state index contributed by atoms with van der Waals surface area (Å²) < 4.78 is 0.